The summed E-state index contributed by atoms with van der Waals surface area (Å²) in [6.07, 6.45) is 0.850. The van der Waals surface area contributed by atoms with E-state index in [0.29, 0.717) is 0 Å². The highest BCUT2D eigenvalue weighted by atomic mass is 16.7. The molecule has 0 aromatic heterocycles. The molecule has 96 valence electrons. The molecule has 0 fully saturated rings. The lowest BCUT2D eigenvalue weighted by Crippen LogP contribution is -2.23. The monoisotopic (exact) mass is 244 g/mol. The molecule has 0 aromatic rings. The van der Waals surface area contributed by atoms with Crippen LogP contribution in [-0.2, 0) is 28.6 Å². The van der Waals surface area contributed by atoms with Gasteiger partial charge in [0.2, 0.25) is 6.29 Å². The highest BCUT2D eigenvalue weighted by molar-refractivity contribution is 5.91. The highest BCUT2D eigenvalue weighted by Crippen LogP contribution is 2.07. The van der Waals surface area contributed by atoms with E-state index in [2.05, 4.69) is 9.47 Å². The average Bonchev–Trinajstić information content (AvgIpc) is 2.12. The second-order valence-corrected chi connectivity index (χ2v) is 4.10. The Kier molecular flexibility index (Phi) is 5.95. The lowest BCUT2D eigenvalue weighted by molar-refractivity contribution is -0.172. The van der Waals surface area contributed by atoms with Crippen LogP contribution in [0, 0.1) is 0 Å². The molecule has 0 aromatic carbocycles. The van der Waals surface area contributed by atoms with Gasteiger partial charge in [-0.2, -0.15) is 0 Å². The van der Waals surface area contributed by atoms with Crippen molar-refractivity contribution in [2.45, 2.75) is 39.6 Å². The van der Waals surface area contributed by atoms with Gasteiger partial charge in [-0.15, -0.1) is 0 Å². The minimum atomic E-state index is -0.997. The molecule has 0 aliphatic heterocycles. The van der Waals surface area contributed by atoms with E-state index in [1.165, 1.54) is 6.92 Å². The Bertz CT molecular complexity index is 312. The van der Waals surface area contributed by atoms with Gasteiger partial charge in [0.1, 0.15) is 5.60 Å². The van der Waals surface area contributed by atoms with Crippen LogP contribution in [0.25, 0.3) is 0 Å². The summed E-state index contributed by atoms with van der Waals surface area (Å²) in [5.74, 6) is -1.45. The van der Waals surface area contributed by atoms with Crippen LogP contribution in [0.3, 0.4) is 0 Å². The van der Waals surface area contributed by atoms with Gasteiger partial charge in [0.15, 0.2) is 0 Å². The average molecular weight is 244 g/mol. The summed E-state index contributed by atoms with van der Waals surface area (Å²) in [4.78, 5) is 32.2. The Balaban J connectivity index is 4.11. The Morgan fingerprint density at radius 2 is 1.65 bits per heavy atom. The molecule has 0 bridgehead atoms. The molecule has 1 unspecified atom stereocenters. The van der Waals surface area contributed by atoms with Crippen LogP contribution in [0.4, 0.5) is 0 Å². The maximum absolute atomic E-state index is 11.2. The van der Waals surface area contributed by atoms with Crippen LogP contribution in [-0.4, -0.2) is 30.3 Å². The van der Waals surface area contributed by atoms with Gasteiger partial charge in [-0.1, -0.05) is 0 Å². The number of carbonyl (C=O) groups excluding carboxylic acids is 3. The summed E-state index contributed by atoms with van der Waals surface area (Å²) >= 11 is 0. The fraction of sp³-hybridized carbons (Fsp3) is 0.545. The van der Waals surface area contributed by atoms with Gasteiger partial charge in [-0.05, 0) is 20.8 Å². The fourth-order valence-corrected chi connectivity index (χ4v) is 0.781. The third kappa shape index (κ3) is 9.10. The Morgan fingerprint density at radius 1 is 1.12 bits per heavy atom. The van der Waals surface area contributed by atoms with Crippen molar-refractivity contribution >= 4 is 18.4 Å². The zero-order valence-corrected chi connectivity index (χ0v) is 10.3. The summed E-state index contributed by atoms with van der Waals surface area (Å²) in [5, 5.41) is 0. The van der Waals surface area contributed by atoms with Crippen molar-refractivity contribution < 1.29 is 28.6 Å². The van der Waals surface area contributed by atoms with Crippen LogP contribution in [0.1, 0.15) is 27.7 Å². The molecule has 1 atom stereocenters. The van der Waals surface area contributed by atoms with E-state index in [1.807, 2.05) is 0 Å². The molecule has 0 aliphatic rings. The number of ether oxygens (including phenoxy) is 3. The van der Waals surface area contributed by atoms with Crippen molar-refractivity contribution in [1.29, 1.82) is 0 Å². The van der Waals surface area contributed by atoms with E-state index in [0.717, 1.165) is 12.2 Å². The minimum Gasteiger partial charge on any atom is -0.457 e. The van der Waals surface area contributed by atoms with Crippen LogP contribution >= 0.6 is 0 Å². The van der Waals surface area contributed by atoms with Gasteiger partial charge in [0.25, 0.3) is 6.47 Å². The predicted molar refractivity (Wildman–Crippen MR) is 57.7 cm³/mol. The van der Waals surface area contributed by atoms with Gasteiger partial charge in [0.05, 0.1) is 0 Å². The summed E-state index contributed by atoms with van der Waals surface area (Å²) in [5.41, 5.74) is -0.626. The van der Waals surface area contributed by atoms with E-state index in [1.54, 1.807) is 20.8 Å². The molecule has 0 N–H and O–H groups in total. The summed E-state index contributed by atoms with van der Waals surface area (Å²) < 4.78 is 13.8. The fourth-order valence-electron chi connectivity index (χ4n) is 0.781. The second-order valence-electron chi connectivity index (χ2n) is 4.10. The smallest absolute Gasteiger partial charge is 0.334 e. The SMILES string of the molecule is CC(OC=O)OC(=O)/C=C/C(=O)OC(C)(C)C. The summed E-state index contributed by atoms with van der Waals surface area (Å²) in [6.45, 7) is 6.65. The molecule has 0 radical (unpaired) electrons. The predicted octanol–water partition coefficient (Wildman–Crippen LogP) is 0.946. The number of hydrogen-bond acceptors (Lipinski definition) is 6. The van der Waals surface area contributed by atoms with Gasteiger partial charge >= 0.3 is 11.9 Å². The Labute approximate surface area is 99.5 Å². The Hall–Kier alpha value is -1.85. The first-order valence-electron chi connectivity index (χ1n) is 4.95. The van der Waals surface area contributed by atoms with Crippen LogP contribution < -0.4 is 0 Å². The normalized spacial score (nSPS) is 12.9. The first-order valence-corrected chi connectivity index (χ1v) is 4.95. The minimum absolute atomic E-state index is 0.162. The van der Waals surface area contributed by atoms with Crippen molar-refractivity contribution in [2.24, 2.45) is 0 Å². The van der Waals surface area contributed by atoms with E-state index < -0.39 is 23.8 Å². The van der Waals surface area contributed by atoms with Gasteiger partial charge < -0.3 is 14.2 Å². The third-order valence-electron chi connectivity index (χ3n) is 1.29. The maximum Gasteiger partial charge on any atom is 0.334 e. The van der Waals surface area contributed by atoms with Crippen molar-refractivity contribution in [1.82, 2.24) is 0 Å². The largest absolute Gasteiger partial charge is 0.457 e. The van der Waals surface area contributed by atoms with Crippen molar-refractivity contribution in [2.75, 3.05) is 0 Å². The topological polar surface area (TPSA) is 78.9 Å². The van der Waals surface area contributed by atoms with E-state index in [4.69, 9.17) is 4.74 Å². The van der Waals surface area contributed by atoms with E-state index in [-0.39, 0.29) is 6.47 Å². The number of rotatable bonds is 5. The molecular formula is C11H16O6. The molecule has 6 nitrogen and oxygen atoms in total. The molecule has 0 spiro atoms. The van der Waals surface area contributed by atoms with Gasteiger partial charge in [0, 0.05) is 19.1 Å². The number of esters is 2. The van der Waals surface area contributed by atoms with Gasteiger partial charge in [-0.25, -0.2) is 9.59 Å². The molecule has 0 rings (SSSR count). The summed E-state index contributed by atoms with van der Waals surface area (Å²) in [6, 6.07) is 0. The first kappa shape index (κ1) is 15.2. The third-order valence-corrected chi connectivity index (χ3v) is 1.29. The molecule has 17 heavy (non-hydrogen) atoms. The molecule has 6 heteroatoms. The number of hydrogen-bond donors (Lipinski definition) is 0. The van der Waals surface area contributed by atoms with Crippen molar-refractivity contribution in [3.63, 3.8) is 0 Å². The molecule has 0 aliphatic carbocycles. The Morgan fingerprint density at radius 3 is 2.12 bits per heavy atom. The van der Waals surface area contributed by atoms with Crippen LogP contribution in [0.15, 0.2) is 12.2 Å². The van der Waals surface area contributed by atoms with Gasteiger partial charge in [-0.3, -0.25) is 4.79 Å². The molecular weight excluding hydrogens is 228 g/mol. The zero-order chi connectivity index (χ0) is 13.5. The number of carbonyl (C=O) groups is 3. The molecule has 0 heterocycles. The zero-order valence-electron chi connectivity index (χ0n) is 10.3. The van der Waals surface area contributed by atoms with Crippen molar-refractivity contribution in [3.05, 3.63) is 12.2 Å². The van der Waals surface area contributed by atoms with E-state index in [9.17, 15) is 14.4 Å². The second kappa shape index (κ2) is 6.67. The standard InChI is InChI=1S/C11H16O6/c1-8(15-7-12)16-9(13)5-6-10(14)17-11(2,3)4/h5-8H,1-4H3/b6-5+. The summed E-state index contributed by atoms with van der Waals surface area (Å²) in [7, 11) is 0. The highest BCUT2D eigenvalue weighted by Gasteiger charge is 2.14. The molecule has 0 saturated carbocycles. The lowest BCUT2D eigenvalue weighted by Gasteiger charge is -2.17. The van der Waals surface area contributed by atoms with Crippen LogP contribution in [0.2, 0.25) is 0 Å². The van der Waals surface area contributed by atoms with E-state index >= 15 is 0 Å². The first-order chi connectivity index (χ1) is 7.74. The lowest BCUT2D eigenvalue weighted by atomic mass is 10.2. The molecule has 0 saturated heterocycles. The maximum atomic E-state index is 11.2. The quantitative estimate of drug-likeness (QED) is 0.310. The molecule has 0 amide bonds. The van der Waals surface area contributed by atoms with Crippen molar-refractivity contribution in [3.8, 4) is 0 Å². The van der Waals surface area contributed by atoms with Crippen LogP contribution in [0.5, 0.6) is 0 Å².